The van der Waals surface area contributed by atoms with Crippen molar-refractivity contribution in [2.45, 2.75) is 19.8 Å². The van der Waals surface area contributed by atoms with Gasteiger partial charge in [-0.3, -0.25) is 4.79 Å². The fourth-order valence-corrected chi connectivity index (χ4v) is 3.33. The molecule has 0 aliphatic heterocycles. The first kappa shape index (κ1) is 23.7. The number of aromatic nitrogens is 2. The van der Waals surface area contributed by atoms with E-state index in [4.69, 9.17) is 18.9 Å². The van der Waals surface area contributed by atoms with Crippen LogP contribution in [0.25, 0.3) is 0 Å². The van der Waals surface area contributed by atoms with Crippen LogP contribution in [0.5, 0.6) is 23.0 Å². The van der Waals surface area contributed by atoms with Gasteiger partial charge in [0.1, 0.15) is 31.3 Å². The van der Waals surface area contributed by atoms with E-state index in [1.807, 2.05) is 48.5 Å². The molecule has 8 heteroatoms. The number of ether oxygens (including phenoxy) is 4. The number of hydrogen-bond donors (Lipinski definition) is 1. The number of carbonyl (C=O) groups is 1. The minimum absolute atomic E-state index is 0.164. The zero-order valence-electron chi connectivity index (χ0n) is 19.6. The van der Waals surface area contributed by atoms with Crippen molar-refractivity contribution >= 4 is 11.6 Å². The van der Waals surface area contributed by atoms with Gasteiger partial charge < -0.3 is 28.8 Å². The largest absolute Gasteiger partial charge is 0.497 e. The number of hydrogen-bond acceptors (Lipinski definition) is 6. The van der Waals surface area contributed by atoms with Crippen LogP contribution in [0.3, 0.4) is 0 Å². The number of nitrogens with zero attached hydrogens (tertiary/aromatic N) is 2. The van der Waals surface area contributed by atoms with Gasteiger partial charge in [-0.05, 0) is 47.5 Å². The van der Waals surface area contributed by atoms with Gasteiger partial charge in [0, 0.05) is 24.1 Å². The van der Waals surface area contributed by atoms with Crippen LogP contribution in [-0.2, 0) is 24.6 Å². The Morgan fingerprint density at radius 2 is 1.43 bits per heavy atom. The monoisotopic (exact) mass is 473 g/mol. The number of rotatable bonds is 11. The molecule has 0 atom stereocenters. The van der Waals surface area contributed by atoms with Crippen molar-refractivity contribution in [1.29, 1.82) is 0 Å². The van der Waals surface area contributed by atoms with Gasteiger partial charge in [0.15, 0.2) is 11.5 Å². The van der Waals surface area contributed by atoms with E-state index in [0.29, 0.717) is 30.4 Å². The third kappa shape index (κ3) is 6.77. The van der Waals surface area contributed by atoms with Crippen LogP contribution in [0.4, 0.5) is 5.69 Å². The molecule has 3 aromatic carbocycles. The summed E-state index contributed by atoms with van der Waals surface area (Å²) in [5.41, 5.74) is 2.57. The van der Waals surface area contributed by atoms with E-state index in [-0.39, 0.29) is 12.5 Å². The highest BCUT2D eigenvalue weighted by Crippen LogP contribution is 2.32. The van der Waals surface area contributed by atoms with Gasteiger partial charge >= 0.3 is 0 Å². The van der Waals surface area contributed by atoms with E-state index in [0.717, 1.165) is 22.6 Å². The summed E-state index contributed by atoms with van der Waals surface area (Å²) in [6, 6.07) is 20.6. The second kappa shape index (κ2) is 11.6. The van der Waals surface area contributed by atoms with Crippen LogP contribution >= 0.6 is 0 Å². The van der Waals surface area contributed by atoms with Crippen molar-refractivity contribution in [3.8, 4) is 23.0 Å². The van der Waals surface area contributed by atoms with Gasteiger partial charge in [0.2, 0.25) is 5.91 Å². The summed E-state index contributed by atoms with van der Waals surface area (Å²) >= 11 is 0. The van der Waals surface area contributed by atoms with E-state index < -0.39 is 0 Å². The molecule has 0 saturated heterocycles. The Hall–Kier alpha value is -4.46. The SMILES string of the molecule is COc1ccc(COc2ccc(NC(=O)Cn3ccnc3)cc2OCc2ccc(OC)cc2)cc1. The average molecular weight is 474 g/mol. The molecule has 0 saturated carbocycles. The molecule has 0 bridgehead atoms. The van der Waals surface area contributed by atoms with E-state index in [1.54, 1.807) is 55.7 Å². The van der Waals surface area contributed by atoms with Gasteiger partial charge in [-0.1, -0.05) is 24.3 Å². The Bertz CT molecular complexity index is 1220. The van der Waals surface area contributed by atoms with Gasteiger partial charge in [-0.15, -0.1) is 0 Å². The van der Waals surface area contributed by atoms with Crippen LogP contribution in [0.15, 0.2) is 85.5 Å². The summed E-state index contributed by atoms with van der Waals surface area (Å²) in [4.78, 5) is 16.4. The molecule has 4 rings (SSSR count). The summed E-state index contributed by atoms with van der Waals surface area (Å²) in [6.07, 6.45) is 4.96. The number of carbonyl (C=O) groups excluding carboxylic acids is 1. The molecule has 1 amide bonds. The van der Waals surface area contributed by atoms with Crippen LogP contribution in [-0.4, -0.2) is 29.7 Å². The summed E-state index contributed by atoms with van der Waals surface area (Å²) in [5.74, 6) is 2.49. The zero-order valence-corrected chi connectivity index (χ0v) is 19.6. The summed E-state index contributed by atoms with van der Waals surface area (Å²) in [5, 5.41) is 2.89. The molecule has 35 heavy (non-hydrogen) atoms. The Morgan fingerprint density at radius 1 is 0.829 bits per heavy atom. The number of amides is 1. The van der Waals surface area contributed by atoms with E-state index >= 15 is 0 Å². The van der Waals surface area contributed by atoms with Crippen LogP contribution in [0.2, 0.25) is 0 Å². The van der Waals surface area contributed by atoms with Gasteiger partial charge in [0.25, 0.3) is 0 Å². The lowest BCUT2D eigenvalue weighted by Gasteiger charge is -2.15. The molecule has 4 aromatic rings. The fourth-order valence-electron chi connectivity index (χ4n) is 3.33. The molecule has 0 fully saturated rings. The topological polar surface area (TPSA) is 83.8 Å². The molecule has 0 radical (unpaired) electrons. The first-order valence-electron chi connectivity index (χ1n) is 11.0. The van der Waals surface area contributed by atoms with Crippen molar-refractivity contribution < 1.29 is 23.7 Å². The first-order valence-corrected chi connectivity index (χ1v) is 11.0. The van der Waals surface area contributed by atoms with Crippen molar-refractivity contribution in [3.63, 3.8) is 0 Å². The lowest BCUT2D eigenvalue weighted by atomic mass is 10.2. The highest BCUT2D eigenvalue weighted by Gasteiger charge is 2.11. The maximum absolute atomic E-state index is 12.4. The lowest BCUT2D eigenvalue weighted by Crippen LogP contribution is -2.17. The third-order valence-corrected chi connectivity index (χ3v) is 5.22. The summed E-state index contributed by atoms with van der Waals surface area (Å²) in [6.45, 7) is 0.850. The standard InChI is InChI=1S/C27H27N3O5/c1-32-23-8-3-20(4-9-23)17-34-25-12-7-22(29-27(31)16-30-14-13-28-19-30)15-26(25)35-18-21-5-10-24(33-2)11-6-21/h3-15,19H,16-18H2,1-2H3,(H,29,31). The molecule has 1 aromatic heterocycles. The highest BCUT2D eigenvalue weighted by molar-refractivity contribution is 5.90. The van der Waals surface area contributed by atoms with Gasteiger partial charge in [0.05, 0.1) is 20.5 Å². The Balaban J connectivity index is 1.47. The van der Waals surface area contributed by atoms with Crippen LogP contribution in [0.1, 0.15) is 11.1 Å². The van der Waals surface area contributed by atoms with Gasteiger partial charge in [-0.2, -0.15) is 0 Å². The Kier molecular flexibility index (Phi) is 7.85. The maximum Gasteiger partial charge on any atom is 0.244 e. The number of methoxy groups -OCH3 is 2. The molecule has 1 N–H and O–H groups in total. The van der Waals surface area contributed by atoms with Crippen molar-refractivity contribution in [2.75, 3.05) is 19.5 Å². The summed E-state index contributed by atoms with van der Waals surface area (Å²) < 4.78 is 24.3. The fraction of sp³-hybridized carbons (Fsp3) is 0.185. The average Bonchev–Trinajstić information content (AvgIpc) is 3.40. The smallest absolute Gasteiger partial charge is 0.244 e. The maximum atomic E-state index is 12.4. The molecular formula is C27H27N3O5. The quantitative estimate of drug-likeness (QED) is 0.340. The minimum Gasteiger partial charge on any atom is -0.497 e. The molecule has 8 nitrogen and oxygen atoms in total. The van der Waals surface area contributed by atoms with E-state index in [2.05, 4.69) is 10.3 Å². The number of nitrogens with one attached hydrogen (secondary N) is 1. The molecule has 1 heterocycles. The molecule has 0 aliphatic rings. The van der Waals surface area contributed by atoms with E-state index in [1.165, 1.54) is 0 Å². The second-order valence-corrected chi connectivity index (χ2v) is 7.72. The summed E-state index contributed by atoms with van der Waals surface area (Å²) in [7, 11) is 3.26. The first-order chi connectivity index (χ1) is 17.1. The second-order valence-electron chi connectivity index (χ2n) is 7.72. The third-order valence-electron chi connectivity index (χ3n) is 5.22. The normalized spacial score (nSPS) is 10.5. The molecule has 0 spiro atoms. The van der Waals surface area contributed by atoms with Crippen LogP contribution < -0.4 is 24.3 Å². The number of imidazole rings is 1. The Morgan fingerprint density at radius 3 is 1.97 bits per heavy atom. The minimum atomic E-state index is -0.170. The van der Waals surface area contributed by atoms with Gasteiger partial charge in [-0.25, -0.2) is 4.98 Å². The van der Waals surface area contributed by atoms with Crippen molar-refractivity contribution in [3.05, 3.63) is 96.6 Å². The van der Waals surface area contributed by atoms with Crippen molar-refractivity contribution in [2.24, 2.45) is 0 Å². The van der Waals surface area contributed by atoms with Crippen molar-refractivity contribution in [1.82, 2.24) is 9.55 Å². The predicted molar refractivity (Wildman–Crippen MR) is 132 cm³/mol. The van der Waals surface area contributed by atoms with E-state index in [9.17, 15) is 4.79 Å². The highest BCUT2D eigenvalue weighted by atomic mass is 16.5. The Labute approximate surface area is 204 Å². The zero-order chi connectivity index (χ0) is 24.5. The molecule has 0 unspecified atom stereocenters. The number of benzene rings is 3. The number of anilines is 1. The van der Waals surface area contributed by atoms with Crippen LogP contribution in [0, 0.1) is 0 Å². The molecular weight excluding hydrogens is 446 g/mol. The molecule has 0 aliphatic carbocycles. The molecule has 180 valence electrons. The predicted octanol–water partition coefficient (Wildman–Crippen LogP) is 4.70. The lowest BCUT2D eigenvalue weighted by molar-refractivity contribution is -0.116.